The summed E-state index contributed by atoms with van der Waals surface area (Å²) in [4.78, 5) is 11.0. The van der Waals surface area contributed by atoms with Gasteiger partial charge in [0.15, 0.2) is 0 Å². The van der Waals surface area contributed by atoms with E-state index in [2.05, 4.69) is 0 Å². The van der Waals surface area contributed by atoms with E-state index >= 15 is 0 Å². The molecule has 0 bridgehead atoms. The van der Waals surface area contributed by atoms with Gasteiger partial charge in [0.1, 0.15) is 11.6 Å². The summed E-state index contributed by atoms with van der Waals surface area (Å²) in [5, 5.41) is 0. The fourth-order valence-corrected chi connectivity index (χ4v) is 2.00. The summed E-state index contributed by atoms with van der Waals surface area (Å²) in [6, 6.07) is 2.94. The molecule has 0 aromatic heterocycles. The van der Waals surface area contributed by atoms with E-state index in [9.17, 15) is 22.4 Å². The van der Waals surface area contributed by atoms with Crippen molar-refractivity contribution in [3.05, 3.63) is 35.1 Å². The summed E-state index contributed by atoms with van der Waals surface area (Å²) in [6.07, 6.45) is -4.14. The molecular weight excluding hydrogens is 236 g/mol. The number of hydrogen-bond donors (Lipinski definition) is 0. The highest BCUT2D eigenvalue weighted by molar-refractivity contribution is 5.82. The topological polar surface area (TPSA) is 17.1 Å². The van der Waals surface area contributed by atoms with Crippen molar-refractivity contribution in [3.8, 4) is 0 Å². The minimum absolute atomic E-state index is 0.0344. The minimum Gasteiger partial charge on any atom is -0.300 e. The smallest absolute Gasteiger partial charge is 0.300 e. The van der Waals surface area contributed by atoms with Gasteiger partial charge in [0.25, 0.3) is 0 Å². The van der Waals surface area contributed by atoms with E-state index < -0.39 is 17.6 Å². The molecule has 0 spiro atoms. The standard InChI is InChI=1S/C12H10F4O/c1-6(17)8-5-9(8)7-2-3-11(13)10(4-7)12(14,15)16/h2-4,8-9H,5H2,1H3. The van der Waals surface area contributed by atoms with E-state index in [1.165, 1.54) is 13.0 Å². The molecule has 0 N–H and O–H groups in total. The van der Waals surface area contributed by atoms with E-state index in [4.69, 9.17) is 0 Å². The SMILES string of the molecule is CC(=O)C1CC1c1ccc(F)c(C(F)(F)F)c1. The number of ketones is 1. The van der Waals surface area contributed by atoms with Crippen molar-refractivity contribution in [2.45, 2.75) is 25.4 Å². The van der Waals surface area contributed by atoms with Gasteiger partial charge < -0.3 is 0 Å². The van der Waals surface area contributed by atoms with Crippen LogP contribution >= 0.6 is 0 Å². The number of benzene rings is 1. The summed E-state index contributed by atoms with van der Waals surface area (Å²) < 4.78 is 50.4. The van der Waals surface area contributed by atoms with E-state index in [0.29, 0.717) is 12.0 Å². The Labute approximate surface area is 95.4 Å². The Hall–Kier alpha value is -1.39. The van der Waals surface area contributed by atoms with Crippen LogP contribution in [0.25, 0.3) is 0 Å². The van der Waals surface area contributed by atoms with Crippen molar-refractivity contribution in [2.24, 2.45) is 5.92 Å². The zero-order valence-corrected chi connectivity index (χ0v) is 9.01. The lowest BCUT2D eigenvalue weighted by molar-refractivity contribution is -0.140. The first-order chi connectivity index (χ1) is 7.80. The molecule has 1 aliphatic carbocycles. The van der Waals surface area contributed by atoms with Crippen molar-refractivity contribution in [2.75, 3.05) is 0 Å². The van der Waals surface area contributed by atoms with Gasteiger partial charge >= 0.3 is 6.18 Å². The highest BCUT2D eigenvalue weighted by atomic mass is 19.4. The maximum absolute atomic E-state index is 13.0. The zero-order chi connectivity index (χ0) is 12.8. The Morgan fingerprint density at radius 2 is 2.00 bits per heavy atom. The third-order valence-electron chi connectivity index (χ3n) is 3.04. The molecule has 0 saturated heterocycles. The molecule has 1 fully saturated rings. The van der Waals surface area contributed by atoms with Crippen molar-refractivity contribution in [1.29, 1.82) is 0 Å². The lowest BCUT2D eigenvalue weighted by Gasteiger charge is -2.09. The number of carbonyl (C=O) groups is 1. The summed E-state index contributed by atoms with van der Waals surface area (Å²) in [6.45, 7) is 1.42. The van der Waals surface area contributed by atoms with Gasteiger partial charge in [0.05, 0.1) is 5.56 Å². The predicted molar refractivity (Wildman–Crippen MR) is 52.9 cm³/mol. The first-order valence-corrected chi connectivity index (χ1v) is 5.18. The van der Waals surface area contributed by atoms with Gasteiger partial charge in [0.2, 0.25) is 0 Å². The Balaban J connectivity index is 2.30. The highest BCUT2D eigenvalue weighted by Gasteiger charge is 2.43. The number of carbonyl (C=O) groups excluding carboxylic acids is 1. The summed E-state index contributed by atoms with van der Waals surface area (Å²) in [5.41, 5.74) is -0.872. The van der Waals surface area contributed by atoms with Crippen molar-refractivity contribution >= 4 is 5.78 Å². The van der Waals surface area contributed by atoms with Crippen LogP contribution < -0.4 is 0 Å². The average Bonchev–Trinajstić information content (AvgIpc) is 2.96. The largest absolute Gasteiger partial charge is 0.419 e. The van der Waals surface area contributed by atoms with Crippen LogP contribution in [0.1, 0.15) is 30.4 Å². The highest BCUT2D eigenvalue weighted by Crippen LogP contribution is 2.48. The molecule has 0 amide bonds. The lowest BCUT2D eigenvalue weighted by Crippen LogP contribution is -2.08. The Morgan fingerprint density at radius 3 is 2.47 bits per heavy atom. The predicted octanol–water partition coefficient (Wildman–Crippen LogP) is 3.54. The van der Waals surface area contributed by atoms with Gasteiger partial charge in [-0.15, -0.1) is 0 Å². The Morgan fingerprint density at radius 1 is 1.35 bits per heavy atom. The van der Waals surface area contributed by atoms with Gasteiger partial charge in [0, 0.05) is 5.92 Å². The Kier molecular flexibility index (Phi) is 2.72. The summed E-state index contributed by atoms with van der Waals surface area (Å²) >= 11 is 0. The van der Waals surface area contributed by atoms with E-state index in [-0.39, 0.29) is 17.6 Å². The fourth-order valence-electron chi connectivity index (χ4n) is 2.00. The zero-order valence-electron chi connectivity index (χ0n) is 9.01. The lowest BCUT2D eigenvalue weighted by atomic mass is 10.0. The first-order valence-electron chi connectivity index (χ1n) is 5.18. The molecule has 1 aromatic carbocycles. The molecule has 0 heterocycles. The van der Waals surface area contributed by atoms with Gasteiger partial charge in [-0.25, -0.2) is 4.39 Å². The monoisotopic (exact) mass is 246 g/mol. The second-order valence-electron chi connectivity index (χ2n) is 4.30. The quantitative estimate of drug-likeness (QED) is 0.729. The molecular formula is C12H10F4O. The van der Waals surface area contributed by atoms with Gasteiger partial charge in [-0.1, -0.05) is 6.07 Å². The van der Waals surface area contributed by atoms with Crippen LogP contribution in [0.2, 0.25) is 0 Å². The van der Waals surface area contributed by atoms with Crippen LogP contribution in [0.3, 0.4) is 0 Å². The Bertz CT molecular complexity index is 464. The number of halogens is 4. The van der Waals surface area contributed by atoms with Crippen molar-refractivity contribution in [1.82, 2.24) is 0 Å². The van der Waals surface area contributed by atoms with Gasteiger partial charge in [-0.3, -0.25) is 4.79 Å². The second-order valence-corrected chi connectivity index (χ2v) is 4.30. The van der Waals surface area contributed by atoms with Gasteiger partial charge in [-0.05, 0) is 37.0 Å². The number of Topliss-reactive ketones (excluding diaryl/α,β-unsaturated/α-hetero) is 1. The number of hydrogen-bond acceptors (Lipinski definition) is 1. The molecule has 92 valence electrons. The maximum Gasteiger partial charge on any atom is 0.419 e. The maximum atomic E-state index is 13.0. The first kappa shape index (κ1) is 12.1. The molecule has 1 aromatic rings. The summed E-state index contributed by atoms with van der Waals surface area (Å²) in [7, 11) is 0. The van der Waals surface area contributed by atoms with Crippen LogP contribution in [0.15, 0.2) is 18.2 Å². The number of rotatable bonds is 2. The normalized spacial score (nSPS) is 23.6. The molecule has 1 aliphatic rings. The minimum atomic E-state index is -4.69. The molecule has 2 rings (SSSR count). The third kappa shape index (κ3) is 2.33. The third-order valence-corrected chi connectivity index (χ3v) is 3.04. The van der Waals surface area contributed by atoms with Crippen molar-refractivity contribution in [3.63, 3.8) is 0 Å². The van der Waals surface area contributed by atoms with Crippen LogP contribution in [-0.4, -0.2) is 5.78 Å². The molecule has 1 nitrogen and oxygen atoms in total. The molecule has 0 aliphatic heterocycles. The van der Waals surface area contributed by atoms with Crippen LogP contribution in [0.4, 0.5) is 17.6 Å². The van der Waals surface area contributed by atoms with Crippen LogP contribution in [-0.2, 0) is 11.0 Å². The molecule has 2 unspecified atom stereocenters. The average molecular weight is 246 g/mol. The fraction of sp³-hybridized carbons (Fsp3) is 0.417. The molecule has 5 heteroatoms. The van der Waals surface area contributed by atoms with Crippen LogP contribution in [0, 0.1) is 11.7 Å². The van der Waals surface area contributed by atoms with Crippen LogP contribution in [0.5, 0.6) is 0 Å². The summed E-state index contributed by atoms with van der Waals surface area (Å²) in [5.74, 6) is -1.70. The van der Waals surface area contributed by atoms with Gasteiger partial charge in [-0.2, -0.15) is 13.2 Å². The van der Waals surface area contributed by atoms with E-state index in [1.54, 1.807) is 0 Å². The van der Waals surface area contributed by atoms with E-state index in [0.717, 1.165) is 12.1 Å². The molecule has 0 radical (unpaired) electrons. The number of alkyl halides is 3. The molecule has 1 saturated carbocycles. The van der Waals surface area contributed by atoms with Crippen molar-refractivity contribution < 1.29 is 22.4 Å². The second kappa shape index (κ2) is 3.82. The molecule has 17 heavy (non-hydrogen) atoms. The molecule has 2 atom stereocenters. The van der Waals surface area contributed by atoms with E-state index in [1.807, 2.05) is 0 Å².